The lowest BCUT2D eigenvalue weighted by atomic mass is 10.2. The molecular weight excluding hydrogens is 366 g/mol. The third-order valence-corrected chi connectivity index (χ3v) is 4.95. The second-order valence-electron chi connectivity index (χ2n) is 4.28. The van der Waals surface area contributed by atoms with Gasteiger partial charge in [-0.3, -0.25) is 10.1 Å². The van der Waals surface area contributed by atoms with Crippen molar-refractivity contribution in [1.29, 1.82) is 0 Å². The molecule has 22 heavy (non-hydrogen) atoms. The molecule has 0 saturated carbocycles. The van der Waals surface area contributed by atoms with Crippen molar-refractivity contribution < 1.29 is 9.18 Å². The lowest BCUT2D eigenvalue weighted by molar-refractivity contribution is 0.102. The summed E-state index contributed by atoms with van der Waals surface area (Å²) in [5.74, 6) is -1.03. The Morgan fingerprint density at radius 3 is 2.59 bits per heavy atom. The number of rotatable bonds is 3. The largest absolute Gasteiger partial charge is 0.298 e. The lowest BCUT2D eigenvalue weighted by Gasteiger charge is -2.02. The number of hydrogen-bond donors (Lipinski definition) is 1. The topological polar surface area (TPSA) is 42.0 Å². The van der Waals surface area contributed by atoms with Crippen LogP contribution < -0.4 is 5.32 Å². The summed E-state index contributed by atoms with van der Waals surface area (Å²) >= 11 is 14.4. The summed E-state index contributed by atoms with van der Waals surface area (Å²) in [6, 6.07) is 5.46. The Kier molecular flexibility index (Phi) is 4.44. The van der Waals surface area contributed by atoms with E-state index in [1.165, 1.54) is 28.7 Å². The molecule has 3 aromatic rings. The summed E-state index contributed by atoms with van der Waals surface area (Å²) in [5, 5.41) is 7.48. The van der Waals surface area contributed by atoms with Crippen LogP contribution in [-0.2, 0) is 0 Å². The molecule has 1 aromatic carbocycles. The van der Waals surface area contributed by atoms with Crippen LogP contribution in [0.1, 0.15) is 10.4 Å². The quantitative estimate of drug-likeness (QED) is 0.652. The highest BCUT2D eigenvalue weighted by molar-refractivity contribution is 7.16. The highest BCUT2D eigenvalue weighted by Crippen LogP contribution is 2.32. The van der Waals surface area contributed by atoms with E-state index in [1.807, 2.05) is 10.8 Å². The Bertz CT molecular complexity index is 827. The number of carbonyl (C=O) groups excluding carboxylic acids is 1. The van der Waals surface area contributed by atoms with Crippen LogP contribution in [0.3, 0.4) is 0 Å². The zero-order valence-corrected chi connectivity index (χ0v) is 13.9. The molecule has 0 unspecified atom stereocenters. The van der Waals surface area contributed by atoms with Gasteiger partial charge in [0, 0.05) is 21.3 Å². The van der Waals surface area contributed by atoms with Gasteiger partial charge in [0.1, 0.15) is 5.82 Å². The fourth-order valence-corrected chi connectivity index (χ4v) is 3.78. The summed E-state index contributed by atoms with van der Waals surface area (Å²) in [4.78, 5) is 17.3. The number of nitrogens with zero attached hydrogens (tertiary/aromatic N) is 1. The number of hydrogen-bond acceptors (Lipinski definition) is 4. The van der Waals surface area contributed by atoms with Crippen molar-refractivity contribution in [1.82, 2.24) is 4.98 Å². The van der Waals surface area contributed by atoms with Gasteiger partial charge < -0.3 is 0 Å². The molecule has 8 heteroatoms. The van der Waals surface area contributed by atoms with Crippen LogP contribution in [0.2, 0.25) is 10.0 Å². The van der Waals surface area contributed by atoms with Crippen molar-refractivity contribution in [2.24, 2.45) is 0 Å². The Morgan fingerprint density at radius 2 is 1.91 bits per heavy atom. The van der Waals surface area contributed by atoms with E-state index in [1.54, 1.807) is 6.07 Å². The van der Waals surface area contributed by atoms with E-state index in [4.69, 9.17) is 23.2 Å². The molecule has 0 saturated heterocycles. The van der Waals surface area contributed by atoms with Crippen molar-refractivity contribution in [3.05, 3.63) is 56.5 Å². The number of benzene rings is 1. The van der Waals surface area contributed by atoms with Crippen LogP contribution in [0.4, 0.5) is 9.52 Å². The van der Waals surface area contributed by atoms with Crippen molar-refractivity contribution in [3.8, 4) is 10.6 Å². The maximum absolute atomic E-state index is 13.3. The molecular formula is C14H7Cl2FN2OS2. The predicted octanol–water partition coefficient (Wildman–Crippen LogP) is 5.57. The van der Waals surface area contributed by atoms with Crippen LogP contribution >= 0.6 is 45.9 Å². The lowest BCUT2D eigenvalue weighted by Crippen LogP contribution is -2.11. The Labute approximate surface area is 143 Å². The van der Waals surface area contributed by atoms with Gasteiger partial charge in [0.05, 0.1) is 15.6 Å². The van der Waals surface area contributed by atoms with E-state index in [0.29, 0.717) is 10.2 Å². The van der Waals surface area contributed by atoms with Gasteiger partial charge in [-0.15, -0.1) is 22.7 Å². The molecule has 0 aliphatic carbocycles. The number of carbonyl (C=O) groups is 1. The minimum Gasteiger partial charge on any atom is -0.298 e. The fraction of sp³-hybridized carbons (Fsp3) is 0. The predicted molar refractivity (Wildman–Crippen MR) is 89.8 cm³/mol. The van der Waals surface area contributed by atoms with Gasteiger partial charge in [-0.2, -0.15) is 0 Å². The number of halogens is 3. The van der Waals surface area contributed by atoms with Gasteiger partial charge in [-0.05, 0) is 24.3 Å². The molecule has 0 aliphatic rings. The molecule has 112 valence electrons. The second kappa shape index (κ2) is 6.34. The molecule has 3 rings (SSSR count). The smallest absolute Gasteiger partial charge is 0.257 e. The van der Waals surface area contributed by atoms with Gasteiger partial charge in [0.2, 0.25) is 0 Å². The number of amides is 1. The van der Waals surface area contributed by atoms with Crippen molar-refractivity contribution in [3.63, 3.8) is 0 Å². The van der Waals surface area contributed by atoms with Gasteiger partial charge in [0.25, 0.3) is 5.91 Å². The average Bonchev–Trinajstić information content (AvgIpc) is 3.06. The van der Waals surface area contributed by atoms with Gasteiger partial charge in [-0.1, -0.05) is 23.2 Å². The van der Waals surface area contributed by atoms with Crippen LogP contribution in [-0.4, -0.2) is 10.9 Å². The molecule has 1 amide bonds. The molecule has 0 spiro atoms. The third-order valence-electron chi connectivity index (χ3n) is 2.67. The summed E-state index contributed by atoms with van der Waals surface area (Å²) in [5.41, 5.74) is 0.871. The minimum atomic E-state index is -0.564. The molecule has 0 atom stereocenters. The molecule has 2 aromatic heterocycles. The van der Waals surface area contributed by atoms with Crippen LogP contribution in [0.25, 0.3) is 10.6 Å². The van der Waals surface area contributed by atoms with E-state index >= 15 is 0 Å². The van der Waals surface area contributed by atoms with Gasteiger partial charge in [-0.25, -0.2) is 9.37 Å². The Morgan fingerprint density at radius 1 is 1.09 bits per heavy atom. The monoisotopic (exact) mass is 372 g/mol. The van der Waals surface area contributed by atoms with E-state index in [2.05, 4.69) is 10.3 Å². The highest BCUT2D eigenvalue weighted by Gasteiger charge is 2.12. The van der Waals surface area contributed by atoms with Crippen molar-refractivity contribution in [2.45, 2.75) is 0 Å². The number of anilines is 1. The van der Waals surface area contributed by atoms with Crippen LogP contribution in [0, 0.1) is 5.82 Å². The SMILES string of the molecule is O=C(Nc1nc(-c2cc(Cl)cs2)cs1)c1cc(F)cc(Cl)c1. The molecule has 3 nitrogen and oxygen atoms in total. The molecule has 0 fully saturated rings. The zero-order valence-electron chi connectivity index (χ0n) is 10.8. The number of aromatic nitrogens is 1. The van der Waals surface area contributed by atoms with E-state index in [-0.39, 0.29) is 10.6 Å². The highest BCUT2D eigenvalue weighted by atomic mass is 35.5. The Balaban J connectivity index is 1.78. The maximum Gasteiger partial charge on any atom is 0.257 e. The van der Waals surface area contributed by atoms with E-state index in [9.17, 15) is 9.18 Å². The number of thiophene rings is 1. The third kappa shape index (κ3) is 3.47. The summed E-state index contributed by atoms with van der Waals surface area (Å²) in [7, 11) is 0. The number of thiazole rings is 1. The van der Waals surface area contributed by atoms with Gasteiger partial charge >= 0.3 is 0 Å². The maximum atomic E-state index is 13.3. The first-order valence-electron chi connectivity index (χ1n) is 5.98. The van der Waals surface area contributed by atoms with Crippen LogP contribution in [0.5, 0.6) is 0 Å². The zero-order chi connectivity index (χ0) is 15.7. The molecule has 0 radical (unpaired) electrons. The average molecular weight is 373 g/mol. The summed E-state index contributed by atoms with van der Waals surface area (Å²) in [6.45, 7) is 0. The standard InChI is InChI=1S/C14H7Cl2FN2OS2/c15-8-1-7(2-10(17)3-8)13(20)19-14-18-11(6-22-14)12-4-9(16)5-21-12/h1-6H,(H,18,19,20). The second-order valence-corrected chi connectivity index (χ2v) is 6.92. The first-order valence-corrected chi connectivity index (χ1v) is 8.50. The first kappa shape index (κ1) is 15.4. The van der Waals surface area contributed by atoms with E-state index < -0.39 is 11.7 Å². The Hall–Kier alpha value is -1.47. The van der Waals surface area contributed by atoms with Crippen molar-refractivity contribution in [2.75, 3.05) is 5.32 Å². The molecule has 2 heterocycles. The summed E-state index contributed by atoms with van der Waals surface area (Å²) < 4.78 is 13.3. The van der Waals surface area contributed by atoms with Crippen LogP contribution in [0.15, 0.2) is 35.0 Å². The normalized spacial score (nSPS) is 10.7. The molecule has 0 bridgehead atoms. The molecule has 1 N–H and O–H groups in total. The summed E-state index contributed by atoms with van der Waals surface area (Å²) in [6.07, 6.45) is 0. The minimum absolute atomic E-state index is 0.140. The van der Waals surface area contributed by atoms with Gasteiger partial charge in [0.15, 0.2) is 5.13 Å². The molecule has 0 aliphatic heterocycles. The fourth-order valence-electron chi connectivity index (χ4n) is 1.75. The van der Waals surface area contributed by atoms with E-state index in [0.717, 1.165) is 22.7 Å². The first-order chi connectivity index (χ1) is 10.5. The number of nitrogens with one attached hydrogen (secondary N) is 1. The van der Waals surface area contributed by atoms with Crippen molar-refractivity contribution >= 4 is 56.9 Å².